The second kappa shape index (κ2) is 9.59. The van der Waals surface area contributed by atoms with E-state index in [1.165, 1.54) is 0 Å². The predicted octanol–water partition coefficient (Wildman–Crippen LogP) is 1.54. The van der Waals surface area contributed by atoms with Crippen LogP contribution in [-0.2, 0) is 9.53 Å². The highest BCUT2D eigenvalue weighted by Crippen LogP contribution is 2.16. The molecular formula is C13H27ClN2O2. The molecule has 1 aliphatic rings. The van der Waals surface area contributed by atoms with Gasteiger partial charge in [-0.3, -0.25) is 4.79 Å². The topological polar surface area (TPSA) is 41.6 Å². The fourth-order valence-corrected chi connectivity index (χ4v) is 2.26. The van der Waals surface area contributed by atoms with E-state index in [1.54, 1.807) is 7.11 Å². The number of hydrogen-bond acceptors (Lipinski definition) is 3. The van der Waals surface area contributed by atoms with E-state index >= 15 is 0 Å². The van der Waals surface area contributed by atoms with Crippen molar-refractivity contribution in [3.05, 3.63) is 0 Å². The quantitative estimate of drug-likeness (QED) is 0.801. The summed E-state index contributed by atoms with van der Waals surface area (Å²) in [6.07, 6.45) is 1.95. The fourth-order valence-electron chi connectivity index (χ4n) is 2.26. The van der Waals surface area contributed by atoms with E-state index in [0.717, 1.165) is 39.0 Å². The maximum absolute atomic E-state index is 12.4. The molecule has 0 aliphatic carbocycles. The highest BCUT2D eigenvalue weighted by Gasteiger charge is 2.25. The Morgan fingerprint density at radius 1 is 1.39 bits per heavy atom. The second-order valence-corrected chi connectivity index (χ2v) is 5.20. The molecular weight excluding hydrogens is 252 g/mol. The Kier molecular flexibility index (Phi) is 9.42. The van der Waals surface area contributed by atoms with Crippen LogP contribution in [0.4, 0.5) is 0 Å². The maximum atomic E-state index is 12.4. The third-order valence-corrected chi connectivity index (χ3v) is 3.15. The minimum atomic E-state index is 0. The van der Waals surface area contributed by atoms with Crippen molar-refractivity contribution in [1.82, 2.24) is 10.2 Å². The molecule has 4 nitrogen and oxygen atoms in total. The molecule has 1 fully saturated rings. The predicted molar refractivity (Wildman–Crippen MR) is 76.1 cm³/mol. The van der Waals surface area contributed by atoms with Crippen LogP contribution in [-0.4, -0.2) is 50.7 Å². The lowest BCUT2D eigenvalue weighted by molar-refractivity contribution is -0.137. The Bertz CT molecular complexity index is 231. The van der Waals surface area contributed by atoms with Crippen molar-refractivity contribution in [2.45, 2.75) is 26.7 Å². The summed E-state index contributed by atoms with van der Waals surface area (Å²) in [5.74, 6) is 1.04. The van der Waals surface area contributed by atoms with Crippen LogP contribution in [0.1, 0.15) is 26.7 Å². The molecule has 0 unspecified atom stereocenters. The Morgan fingerprint density at radius 3 is 2.50 bits per heavy atom. The van der Waals surface area contributed by atoms with Gasteiger partial charge >= 0.3 is 0 Å². The molecule has 0 aromatic carbocycles. The largest absolute Gasteiger partial charge is 0.383 e. The number of rotatable bonds is 6. The van der Waals surface area contributed by atoms with E-state index in [1.807, 2.05) is 4.90 Å². The second-order valence-electron chi connectivity index (χ2n) is 5.20. The first-order valence-electron chi connectivity index (χ1n) is 6.63. The van der Waals surface area contributed by atoms with Crippen molar-refractivity contribution >= 4 is 18.3 Å². The fraction of sp³-hybridized carbons (Fsp3) is 0.923. The van der Waals surface area contributed by atoms with Crippen molar-refractivity contribution in [2.24, 2.45) is 11.8 Å². The molecule has 0 aromatic heterocycles. The average molecular weight is 279 g/mol. The van der Waals surface area contributed by atoms with E-state index in [0.29, 0.717) is 18.4 Å². The van der Waals surface area contributed by atoms with Crippen LogP contribution in [0.2, 0.25) is 0 Å². The third-order valence-electron chi connectivity index (χ3n) is 3.15. The number of piperidine rings is 1. The molecule has 1 heterocycles. The van der Waals surface area contributed by atoms with Crippen molar-refractivity contribution in [2.75, 3.05) is 39.9 Å². The summed E-state index contributed by atoms with van der Waals surface area (Å²) in [6.45, 7) is 8.42. The summed E-state index contributed by atoms with van der Waals surface area (Å²) >= 11 is 0. The molecule has 0 aromatic rings. The minimum absolute atomic E-state index is 0. The van der Waals surface area contributed by atoms with E-state index in [4.69, 9.17) is 4.74 Å². The SMILES string of the molecule is COCCN(CC(C)C)C(=O)C1CCNCC1.Cl. The molecule has 18 heavy (non-hydrogen) atoms. The van der Waals surface area contributed by atoms with Gasteiger partial charge in [0.15, 0.2) is 0 Å². The highest BCUT2D eigenvalue weighted by atomic mass is 35.5. The van der Waals surface area contributed by atoms with Crippen LogP contribution in [0, 0.1) is 11.8 Å². The number of hydrogen-bond donors (Lipinski definition) is 1. The number of carbonyl (C=O) groups is 1. The number of ether oxygens (including phenoxy) is 1. The van der Waals surface area contributed by atoms with Crippen LogP contribution in [0.5, 0.6) is 0 Å². The van der Waals surface area contributed by atoms with Crippen LogP contribution in [0.3, 0.4) is 0 Å². The number of nitrogens with zero attached hydrogens (tertiary/aromatic N) is 1. The van der Waals surface area contributed by atoms with Gasteiger partial charge in [-0.05, 0) is 31.8 Å². The molecule has 0 radical (unpaired) electrons. The molecule has 108 valence electrons. The number of halogens is 1. The van der Waals surface area contributed by atoms with Crippen LogP contribution in [0.15, 0.2) is 0 Å². The molecule has 1 N–H and O–H groups in total. The molecule has 1 rings (SSSR count). The summed E-state index contributed by atoms with van der Waals surface area (Å²) in [4.78, 5) is 14.4. The number of methoxy groups -OCH3 is 1. The first-order chi connectivity index (χ1) is 8.15. The van der Waals surface area contributed by atoms with Gasteiger partial charge in [0.05, 0.1) is 6.61 Å². The first kappa shape index (κ1) is 17.7. The number of carbonyl (C=O) groups excluding carboxylic acids is 1. The molecule has 1 aliphatic heterocycles. The lowest BCUT2D eigenvalue weighted by Gasteiger charge is -2.30. The standard InChI is InChI=1S/C13H26N2O2.ClH/c1-11(2)10-15(8-9-17-3)13(16)12-4-6-14-7-5-12;/h11-12,14H,4-10H2,1-3H3;1H. The summed E-state index contributed by atoms with van der Waals surface area (Å²) < 4.78 is 5.09. The Labute approximate surface area is 117 Å². The molecule has 0 bridgehead atoms. The molecule has 1 amide bonds. The van der Waals surface area contributed by atoms with Gasteiger partial charge in [0.2, 0.25) is 5.91 Å². The normalized spacial score (nSPS) is 16.4. The van der Waals surface area contributed by atoms with Crippen molar-refractivity contribution in [3.63, 3.8) is 0 Å². The van der Waals surface area contributed by atoms with Crippen molar-refractivity contribution in [1.29, 1.82) is 0 Å². The van der Waals surface area contributed by atoms with Crippen LogP contribution < -0.4 is 5.32 Å². The van der Waals surface area contributed by atoms with Gasteiger partial charge < -0.3 is 15.0 Å². The van der Waals surface area contributed by atoms with Crippen LogP contribution in [0.25, 0.3) is 0 Å². The van der Waals surface area contributed by atoms with Gasteiger partial charge in [0, 0.05) is 26.1 Å². The van der Waals surface area contributed by atoms with Gasteiger partial charge in [-0.2, -0.15) is 0 Å². The van der Waals surface area contributed by atoms with Crippen molar-refractivity contribution in [3.8, 4) is 0 Å². The Morgan fingerprint density at radius 2 is 2.00 bits per heavy atom. The lowest BCUT2D eigenvalue weighted by atomic mass is 9.96. The lowest BCUT2D eigenvalue weighted by Crippen LogP contribution is -2.43. The van der Waals surface area contributed by atoms with E-state index in [2.05, 4.69) is 19.2 Å². The third kappa shape index (κ3) is 6.03. The smallest absolute Gasteiger partial charge is 0.225 e. The first-order valence-corrected chi connectivity index (χ1v) is 6.63. The van der Waals surface area contributed by atoms with Gasteiger partial charge in [-0.1, -0.05) is 13.8 Å². The molecule has 0 spiro atoms. The Balaban J connectivity index is 0.00000289. The van der Waals surface area contributed by atoms with Gasteiger partial charge in [0.1, 0.15) is 0 Å². The molecule has 0 atom stereocenters. The summed E-state index contributed by atoms with van der Waals surface area (Å²) in [6, 6.07) is 0. The van der Waals surface area contributed by atoms with Crippen LogP contribution >= 0.6 is 12.4 Å². The minimum Gasteiger partial charge on any atom is -0.383 e. The molecule has 0 saturated carbocycles. The summed E-state index contributed by atoms with van der Waals surface area (Å²) in [5.41, 5.74) is 0. The average Bonchev–Trinajstić information content (AvgIpc) is 2.34. The van der Waals surface area contributed by atoms with Gasteiger partial charge in [0.25, 0.3) is 0 Å². The van der Waals surface area contributed by atoms with E-state index < -0.39 is 0 Å². The monoisotopic (exact) mass is 278 g/mol. The Hall–Kier alpha value is -0.320. The van der Waals surface area contributed by atoms with Gasteiger partial charge in [-0.15, -0.1) is 12.4 Å². The molecule has 5 heteroatoms. The van der Waals surface area contributed by atoms with E-state index in [-0.39, 0.29) is 18.3 Å². The highest BCUT2D eigenvalue weighted by molar-refractivity contribution is 5.85. The van der Waals surface area contributed by atoms with Gasteiger partial charge in [-0.25, -0.2) is 0 Å². The number of amides is 1. The zero-order chi connectivity index (χ0) is 12.7. The summed E-state index contributed by atoms with van der Waals surface area (Å²) in [7, 11) is 1.68. The summed E-state index contributed by atoms with van der Waals surface area (Å²) in [5, 5.41) is 3.30. The van der Waals surface area contributed by atoms with Crippen molar-refractivity contribution < 1.29 is 9.53 Å². The molecule has 1 saturated heterocycles. The number of nitrogens with one attached hydrogen (secondary N) is 1. The van der Waals surface area contributed by atoms with E-state index in [9.17, 15) is 4.79 Å². The zero-order valence-electron chi connectivity index (χ0n) is 11.8. The maximum Gasteiger partial charge on any atom is 0.225 e. The zero-order valence-corrected chi connectivity index (χ0v) is 12.6.